The van der Waals surface area contributed by atoms with Crippen molar-refractivity contribution in [3.05, 3.63) is 163 Å². The fourth-order valence-electron chi connectivity index (χ4n) is 9.96. The van der Waals surface area contributed by atoms with Crippen molar-refractivity contribution in [2.75, 3.05) is 4.90 Å². The summed E-state index contributed by atoms with van der Waals surface area (Å²) in [6, 6.07) is 56.6. The summed E-state index contributed by atoms with van der Waals surface area (Å²) in [4.78, 5) is 2.50. The third-order valence-corrected chi connectivity index (χ3v) is 12.5. The first-order chi connectivity index (χ1) is 28.4. The molecule has 0 atom stereocenters. The molecular weight excluding hydrogens is 711 g/mol. The van der Waals surface area contributed by atoms with E-state index in [4.69, 9.17) is 13.9 Å². The van der Waals surface area contributed by atoms with E-state index in [9.17, 15) is 0 Å². The summed E-state index contributed by atoms with van der Waals surface area (Å²) in [5, 5.41) is 4.64. The number of nitrogens with zero attached hydrogens (tertiary/aromatic N) is 2. The quantitative estimate of drug-likeness (QED) is 0.165. The standard InChI is InChI=1S/C52H35BN2O3/c1-52(2,3)32-24-25-39(37(27-32)30-14-5-4-6-15-30)54-40-29-46-45(56-43-22-11-12-23-44(43)57-46)28-38(40)53-48-41(54)26-31-16-7-8-17-33(31)47(48)35-19-13-20-36-49(35)55(53)50-34-18-9-10-21-42(34)58-51(36)50/h4-29H,1-3H3. The number of para-hydroxylation sites is 4. The van der Waals surface area contributed by atoms with Crippen LogP contribution in [0.4, 0.5) is 17.1 Å². The first-order valence-corrected chi connectivity index (χ1v) is 20.0. The molecule has 0 N–H and O–H groups in total. The molecule has 58 heavy (non-hydrogen) atoms. The van der Waals surface area contributed by atoms with E-state index >= 15 is 0 Å². The first-order valence-electron chi connectivity index (χ1n) is 20.0. The average Bonchev–Trinajstić information content (AvgIpc) is 3.79. The lowest BCUT2D eigenvalue weighted by Crippen LogP contribution is -2.56. The van der Waals surface area contributed by atoms with Crippen molar-refractivity contribution < 1.29 is 13.9 Å². The van der Waals surface area contributed by atoms with Gasteiger partial charge in [0.2, 0.25) is 0 Å². The molecule has 5 nitrogen and oxygen atoms in total. The summed E-state index contributed by atoms with van der Waals surface area (Å²) in [7, 11) is 0. The van der Waals surface area contributed by atoms with Crippen molar-refractivity contribution in [2.24, 2.45) is 0 Å². The summed E-state index contributed by atoms with van der Waals surface area (Å²) < 4.78 is 22.8. The molecule has 3 aliphatic heterocycles. The van der Waals surface area contributed by atoms with E-state index in [-0.39, 0.29) is 12.3 Å². The van der Waals surface area contributed by atoms with Gasteiger partial charge in [-0.25, -0.2) is 0 Å². The lowest BCUT2D eigenvalue weighted by molar-refractivity contribution is 0.360. The van der Waals surface area contributed by atoms with E-state index in [0.29, 0.717) is 23.0 Å². The highest BCUT2D eigenvalue weighted by atomic mass is 16.6. The van der Waals surface area contributed by atoms with Crippen molar-refractivity contribution in [1.82, 2.24) is 4.48 Å². The zero-order chi connectivity index (χ0) is 38.4. The highest BCUT2D eigenvalue weighted by Crippen LogP contribution is 2.53. The highest BCUT2D eigenvalue weighted by molar-refractivity contribution is 6.90. The van der Waals surface area contributed by atoms with Crippen molar-refractivity contribution in [1.29, 1.82) is 0 Å². The van der Waals surface area contributed by atoms with Crippen LogP contribution in [0.3, 0.4) is 0 Å². The Hall–Kier alpha value is -7.18. The Morgan fingerprint density at radius 2 is 1.22 bits per heavy atom. The topological polar surface area (TPSA) is 39.8 Å². The summed E-state index contributed by atoms with van der Waals surface area (Å²) in [5.74, 6) is 2.80. The smallest absolute Gasteiger partial charge is 0.333 e. The summed E-state index contributed by atoms with van der Waals surface area (Å²) in [5.41, 5.74) is 15.8. The van der Waals surface area contributed by atoms with Gasteiger partial charge in [0.1, 0.15) is 5.58 Å². The van der Waals surface area contributed by atoms with Crippen LogP contribution >= 0.6 is 0 Å². The molecule has 10 aromatic rings. The van der Waals surface area contributed by atoms with Gasteiger partial charge in [0.15, 0.2) is 28.6 Å². The molecular formula is C52H35BN2O3. The van der Waals surface area contributed by atoms with Crippen molar-refractivity contribution in [3.63, 3.8) is 0 Å². The summed E-state index contributed by atoms with van der Waals surface area (Å²) >= 11 is 0. The molecule has 0 spiro atoms. The number of aromatic nitrogens is 1. The second-order valence-electron chi connectivity index (χ2n) is 16.8. The summed E-state index contributed by atoms with van der Waals surface area (Å²) in [6.07, 6.45) is 0. The molecule has 0 bridgehead atoms. The number of hydrogen-bond donors (Lipinski definition) is 0. The number of hydrogen-bond acceptors (Lipinski definition) is 4. The molecule has 8 aromatic carbocycles. The molecule has 0 fully saturated rings. The Labute approximate surface area is 335 Å². The van der Waals surface area contributed by atoms with Gasteiger partial charge in [-0.05, 0) is 98.4 Å². The van der Waals surface area contributed by atoms with E-state index in [0.717, 1.165) is 55.5 Å². The number of fused-ring (bicyclic) bond motifs is 13. The minimum atomic E-state index is -0.211. The molecule has 0 unspecified atom stereocenters. The van der Waals surface area contributed by atoms with E-state index in [1.54, 1.807) is 0 Å². The van der Waals surface area contributed by atoms with Gasteiger partial charge in [0.25, 0.3) is 0 Å². The Bertz CT molecular complexity index is 3410. The number of ether oxygens (including phenoxy) is 2. The van der Waals surface area contributed by atoms with Crippen LogP contribution in [0, 0.1) is 0 Å². The Morgan fingerprint density at radius 3 is 2.03 bits per heavy atom. The Balaban J connectivity index is 1.21. The predicted molar refractivity (Wildman–Crippen MR) is 238 cm³/mol. The number of anilines is 3. The Morgan fingerprint density at radius 1 is 0.517 bits per heavy atom. The van der Waals surface area contributed by atoms with Gasteiger partial charge in [-0.15, -0.1) is 0 Å². The second kappa shape index (κ2) is 11.2. The van der Waals surface area contributed by atoms with Crippen molar-refractivity contribution in [3.8, 4) is 45.3 Å². The van der Waals surface area contributed by atoms with Crippen LogP contribution in [0.5, 0.6) is 23.0 Å². The van der Waals surface area contributed by atoms with Gasteiger partial charge in [-0.1, -0.05) is 118 Å². The van der Waals surface area contributed by atoms with Gasteiger partial charge < -0.3 is 23.3 Å². The molecule has 5 heterocycles. The largest absolute Gasteiger partial charge is 0.454 e. The fraction of sp³-hybridized carbons (Fsp3) is 0.0769. The van der Waals surface area contributed by atoms with Gasteiger partial charge in [0, 0.05) is 44.9 Å². The normalized spacial score (nSPS) is 13.6. The molecule has 0 aliphatic carbocycles. The first kappa shape index (κ1) is 32.0. The SMILES string of the molecule is CC(C)(C)c1ccc(N2c3cc4c(cc3B3c5c2cc2ccccc2c5-c2cccc5c6oc7ccccc7c6n3c25)Oc2ccccc2O4)c(-c2ccccc2)c1. The molecule has 3 aliphatic rings. The maximum atomic E-state index is 6.79. The van der Waals surface area contributed by atoms with Crippen molar-refractivity contribution >= 4 is 78.6 Å². The minimum absolute atomic E-state index is 0.0467. The average molecular weight is 747 g/mol. The van der Waals surface area contributed by atoms with Gasteiger partial charge in [-0.2, -0.15) is 0 Å². The zero-order valence-corrected chi connectivity index (χ0v) is 32.2. The molecule has 6 heteroatoms. The van der Waals surface area contributed by atoms with Gasteiger partial charge in [-0.3, -0.25) is 0 Å². The minimum Gasteiger partial charge on any atom is -0.454 e. The summed E-state index contributed by atoms with van der Waals surface area (Å²) in [6.45, 7) is 6.65. The van der Waals surface area contributed by atoms with E-state index in [2.05, 4.69) is 164 Å². The van der Waals surface area contributed by atoms with E-state index < -0.39 is 0 Å². The van der Waals surface area contributed by atoms with Crippen LogP contribution in [-0.4, -0.2) is 11.3 Å². The lowest BCUT2D eigenvalue weighted by atomic mass is 9.44. The molecule has 274 valence electrons. The number of rotatable bonds is 2. The van der Waals surface area contributed by atoms with Gasteiger partial charge in [0.05, 0.1) is 11.2 Å². The van der Waals surface area contributed by atoms with Gasteiger partial charge >= 0.3 is 6.85 Å². The predicted octanol–water partition coefficient (Wildman–Crippen LogP) is 13.0. The van der Waals surface area contributed by atoms with Crippen LogP contribution in [0.15, 0.2) is 162 Å². The Kier molecular flexibility index (Phi) is 6.19. The third kappa shape index (κ3) is 4.21. The molecule has 0 amide bonds. The van der Waals surface area contributed by atoms with Crippen LogP contribution in [-0.2, 0) is 5.41 Å². The van der Waals surface area contributed by atoms with E-state index in [1.165, 1.54) is 44.0 Å². The van der Waals surface area contributed by atoms with Crippen LogP contribution < -0.4 is 25.3 Å². The number of furan rings is 1. The van der Waals surface area contributed by atoms with Crippen LogP contribution in [0.1, 0.15) is 26.3 Å². The third-order valence-electron chi connectivity index (χ3n) is 12.5. The van der Waals surface area contributed by atoms with Crippen LogP contribution in [0.2, 0.25) is 0 Å². The second-order valence-corrected chi connectivity index (χ2v) is 16.8. The zero-order valence-electron chi connectivity index (χ0n) is 32.2. The number of benzene rings is 8. The molecule has 0 radical (unpaired) electrons. The molecule has 2 aromatic heterocycles. The highest BCUT2D eigenvalue weighted by Gasteiger charge is 2.45. The van der Waals surface area contributed by atoms with Crippen LogP contribution in [0.25, 0.3) is 66.0 Å². The lowest BCUT2D eigenvalue weighted by Gasteiger charge is -2.42. The molecule has 0 saturated heterocycles. The monoisotopic (exact) mass is 746 g/mol. The molecule has 0 saturated carbocycles. The van der Waals surface area contributed by atoms with Crippen molar-refractivity contribution in [2.45, 2.75) is 26.2 Å². The van der Waals surface area contributed by atoms with E-state index in [1.807, 2.05) is 24.3 Å². The molecule has 13 rings (SSSR count). The maximum absolute atomic E-state index is 6.79. The maximum Gasteiger partial charge on any atom is 0.333 e. The fourth-order valence-corrected chi connectivity index (χ4v) is 9.96.